The second-order valence-electron chi connectivity index (χ2n) is 26.1. The summed E-state index contributed by atoms with van der Waals surface area (Å²) in [7, 11) is 0. The quantitative estimate of drug-likeness (QED) is 0.0148. The molecule has 0 saturated carbocycles. The van der Waals surface area contributed by atoms with Gasteiger partial charge in [-0.25, -0.2) is 0 Å². The molecule has 1 aliphatic rings. The first kappa shape index (κ1) is 85.5. The van der Waals surface area contributed by atoms with Crippen LogP contribution in [0, 0.1) is 5.92 Å². The Hall–Kier alpha value is -10.9. The van der Waals surface area contributed by atoms with Gasteiger partial charge in [0.25, 0.3) is 0 Å². The molecule has 34 heteroatoms. The number of hydrogen-bond acceptors (Lipinski definition) is 16. The molecule has 1 fully saturated rings. The van der Waals surface area contributed by atoms with Crippen molar-refractivity contribution >= 4 is 88.8 Å². The Morgan fingerprint density at radius 1 is 0.413 bits per heavy atom. The lowest BCUT2D eigenvalue weighted by molar-refractivity contribution is -0.142. The van der Waals surface area contributed by atoms with Crippen LogP contribution in [0.25, 0.3) is 0 Å². The van der Waals surface area contributed by atoms with Crippen molar-refractivity contribution in [1.29, 1.82) is 0 Å². The van der Waals surface area contributed by atoms with Crippen LogP contribution in [0.3, 0.4) is 0 Å². The number of amides is 12. The second-order valence-corrected chi connectivity index (χ2v) is 26.1. The number of guanidine groups is 3. The van der Waals surface area contributed by atoms with Gasteiger partial charge < -0.3 is 104 Å². The van der Waals surface area contributed by atoms with Gasteiger partial charge in [-0.2, -0.15) is 0 Å². The van der Waals surface area contributed by atoms with Crippen molar-refractivity contribution in [3.05, 3.63) is 108 Å². The number of rotatable bonds is 45. The monoisotopic (exact) mass is 1450 g/mol. The molecular weight excluding hydrogens is 1340 g/mol. The molecule has 3 aromatic rings. The lowest BCUT2D eigenvalue weighted by Gasteiger charge is -2.30. The topological polar surface area (TPSA) is 574 Å². The maximum Gasteiger partial charge on any atom is 0.245 e. The largest absolute Gasteiger partial charge is 0.370 e. The molecule has 26 N–H and O–H groups in total. The van der Waals surface area contributed by atoms with Gasteiger partial charge in [-0.05, 0) is 120 Å². The minimum absolute atomic E-state index is 0.00964. The van der Waals surface area contributed by atoms with Crippen LogP contribution < -0.4 is 99.0 Å². The molecule has 0 unspecified atom stereocenters. The lowest BCUT2D eigenvalue weighted by Crippen LogP contribution is -2.60. The van der Waals surface area contributed by atoms with Crippen LogP contribution in [0.2, 0.25) is 0 Å². The number of carbonyl (C=O) groups is 12. The van der Waals surface area contributed by atoms with Gasteiger partial charge in [0.2, 0.25) is 70.9 Å². The summed E-state index contributed by atoms with van der Waals surface area (Å²) in [5.41, 5.74) is 46.7. The number of primary amides is 1. The van der Waals surface area contributed by atoms with Gasteiger partial charge in [-0.3, -0.25) is 72.5 Å². The number of unbranched alkanes of at least 4 members (excludes halogenated alkanes) is 1. The summed E-state index contributed by atoms with van der Waals surface area (Å²) in [5.74, 6) is -9.92. The van der Waals surface area contributed by atoms with Crippen LogP contribution in [0.4, 0.5) is 0 Å². The number of hydrogen-bond donors (Lipinski definition) is 18. The van der Waals surface area contributed by atoms with E-state index in [1.54, 1.807) is 98.8 Å². The third kappa shape index (κ3) is 31.5. The van der Waals surface area contributed by atoms with E-state index < -0.39 is 137 Å². The molecule has 4 rings (SSSR count). The highest BCUT2D eigenvalue weighted by Gasteiger charge is 2.40. The Labute approximate surface area is 606 Å². The Morgan fingerprint density at radius 2 is 0.760 bits per heavy atom. The fourth-order valence-electron chi connectivity index (χ4n) is 11.4. The zero-order valence-corrected chi connectivity index (χ0v) is 60.0. The Morgan fingerprint density at radius 3 is 1.15 bits per heavy atom. The highest BCUT2D eigenvalue weighted by atomic mass is 16.2. The predicted octanol–water partition coefficient (Wildman–Crippen LogP) is -3.57. The fourth-order valence-corrected chi connectivity index (χ4v) is 11.4. The molecule has 12 amide bonds. The average Bonchev–Trinajstić information content (AvgIpc) is 1.58. The maximum absolute atomic E-state index is 14.9. The molecule has 0 aliphatic carbocycles. The lowest BCUT2D eigenvalue weighted by atomic mass is 10.00. The van der Waals surface area contributed by atoms with Crippen molar-refractivity contribution in [2.75, 3.05) is 32.7 Å². The van der Waals surface area contributed by atoms with E-state index in [1.165, 1.54) is 25.7 Å². The van der Waals surface area contributed by atoms with E-state index in [-0.39, 0.29) is 127 Å². The standard InChI is InChI=1S/C70H108N22O12/c1-41(2)37-52(89-61(98)50(29-18-34-80-69(75)76)87-64(101)54(39-46-23-11-7-12-24-46)91-65(102)55(40-47-25-13-8-14-26-47)90-63(100)53(84-44(5)93)38-45-21-9-6-10-22-45)62(99)83-42(3)58(95)86-49(28-17-33-79-68(73)74)60(97)82-43(4)59(96)88-51(30-19-35-81-70(77)78)67(104)92-36-20-31-56(92)66(103)85-48(57(72)94)27-15-16-32-71/h6-14,21-26,41-43,48-56H,15-20,27-40,71H2,1-5H3,(H2,72,94)(H,82,97)(H,83,99)(H,84,93)(H,85,103)(H,86,95)(H,87,101)(H,88,96)(H,89,98)(H,90,100)(H,91,102)(H4,73,74,79)(H4,75,76,80)(H4,77,78,81)/t42-,43+,48-,49-,50-,51-,52-,53-,54-,55-,56-/m0/s1. The van der Waals surface area contributed by atoms with Gasteiger partial charge >= 0.3 is 0 Å². The van der Waals surface area contributed by atoms with Crippen LogP contribution in [0.5, 0.6) is 0 Å². The molecule has 34 nitrogen and oxygen atoms in total. The van der Waals surface area contributed by atoms with Crippen LogP contribution in [0.1, 0.15) is 128 Å². The van der Waals surface area contributed by atoms with Crippen molar-refractivity contribution in [2.45, 2.75) is 197 Å². The van der Waals surface area contributed by atoms with Gasteiger partial charge in [0, 0.05) is 52.4 Å². The third-order valence-electron chi connectivity index (χ3n) is 16.8. The number of aliphatic imine (C=N–C) groups is 3. The molecular formula is C70H108N22O12. The molecule has 0 bridgehead atoms. The first-order chi connectivity index (χ1) is 49.5. The maximum atomic E-state index is 14.9. The molecule has 11 atom stereocenters. The predicted molar refractivity (Wildman–Crippen MR) is 393 cm³/mol. The van der Waals surface area contributed by atoms with E-state index in [0.29, 0.717) is 36.9 Å². The Balaban J connectivity index is 1.57. The van der Waals surface area contributed by atoms with E-state index in [1.807, 2.05) is 6.07 Å². The summed E-state index contributed by atoms with van der Waals surface area (Å²) >= 11 is 0. The highest BCUT2D eigenvalue weighted by molar-refractivity contribution is 5.99. The van der Waals surface area contributed by atoms with Gasteiger partial charge in [0.15, 0.2) is 17.9 Å². The van der Waals surface area contributed by atoms with Crippen LogP contribution in [-0.4, -0.2) is 193 Å². The first-order valence-electron chi connectivity index (χ1n) is 35.0. The van der Waals surface area contributed by atoms with E-state index in [9.17, 15) is 57.5 Å². The minimum Gasteiger partial charge on any atom is -0.370 e. The third-order valence-corrected chi connectivity index (χ3v) is 16.8. The number of nitrogens with zero attached hydrogens (tertiary/aromatic N) is 4. The molecule has 0 spiro atoms. The van der Waals surface area contributed by atoms with Gasteiger partial charge in [-0.15, -0.1) is 0 Å². The average molecular weight is 1450 g/mol. The summed E-state index contributed by atoms with van der Waals surface area (Å²) in [4.78, 5) is 181. The van der Waals surface area contributed by atoms with E-state index in [2.05, 4.69) is 68.1 Å². The number of benzene rings is 3. The fraction of sp³-hybridized carbons (Fsp3) is 0.529. The summed E-state index contributed by atoms with van der Waals surface area (Å²) in [6.07, 6.45) is 2.20. The molecule has 1 aliphatic heterocycles. The minimum atomic E-state index is -1.41. The Kier molecular flexibility index (Phi) is 37.1. The van der Waals surface area contributed by atoms with E-state index in [0.717, 1.165) is 5.56 Å². The normalized spacial score (nSPS) is 15.3. The van der Waals surface area contributed by atoms with Gasteiger partial charge in [0.1, 0.15) is 66.5 Å². The number of nitrogens with two attached hydrogens (primary N) is 8. The van der Waals surface area contributed by atoms with Gasteiger partial charge in [0.05, 0.1) is 0 Å². The summed E-state index contributed by atoms with van der Waals surface area (Å²) < 4.78 is 0. The second kappa shape index (κ2) is 45.1. The van der Waals surface area contributed by atoms with Crippen molar-refractivity contribution in [2.24, 2.45) is 66.8 Å². The van der Waals surface area contributed by atoms with Crippen molar-refractivity contribution < 1.29 is 57.5 Å². The summed E-state index contributed by atoms with van der Waals surface area (Å²) in [6.45, 7) is 8.12. The SMILES string of the molecule is CC(=O)N[C@@H](Cc1ccccc1)C(=O)N[C@@H](Cc1ccccc1)C(=O)N[C@@H](Cc1ccccc1)C(=O)N[C@@H](CCCN=C(N)N)C(=O)N[C@@H](CC(C)C)C(=O)N[C@@H](C)C(=O)N[C@@H](CCCN=C(N)N)C(=O)N[C@H](C)C(=O)N[C@@H](CCCN=C(N)N)C(=O)N1CCC[C@H]1C(=O)N[C@@H](CCCCN)C(N)=O. The van der Waals surface area contributed by atoms with Crippen molar-refractivity contribution in [1.82, 2.24) is 58.1 Å². The molecule has 570 valence electrons. The van der Waals surface area contributed by atoms with Crippen molar-refractivity contribution in [3.8, 4) is 0 Å². The number of carbonyl (C=O) groups excluding carboxylic acids is 12. The van der Waals surface area contributed by atoms with Crippen LogP contribution in [0.15, 0.2) is 106 Å². The smallest absolute Gasteiger partial charge is 0.245 e. The van der Waals surface area contributed by atoms with Gasteiger partial charge in [-0.1, -0.05) is 105 Å². The summed E-state index contributed by atoms with van der Waals surface area (Å²) in [6, 6.07) is 12.5. The molecule has 3 aromatic carbocycles. The molecule has 0 radical (unpaired) electrons. The molecule has 104 heavy (non-hydrogen) atoms. The molecule has 1 heterocycles. The summed E-state index contributed by atoms with van der Waals surface area (Å²) in [5, 5.41) is 27.0. The van der Waals surface area contributed by atoms with E-state index >= 15 is 0 Å². The van der Waals surface area contributed by atoms with Crippen LogP contribution >= 0.6 is 0 Å². The number of likely N-dealkylation sites (tertiary alicyclic amines) is 1. The zero-order valence-electron chi connectivity index (χ0n) is 60.0. The Bertz CT molecular complexity index is 3410. The van der Waals surface area contributed by atoms with Crippen molar-refractivity contribution in [3.63, 3.8) is 0 Å². The van der Waals surface area contributed by atoms with Crippen LogP contribution in [-0.2, 0) is 76.8 Å². The zero-order chi connectivity index (χ0) is 76.8. The number of nitrogens with one attached hydrogen (secondary N) is 10. The van der Waals surface area contributed by atoms with E-state index in [4.69, 9.17) is 45.9 Å². The molecule has 1 saturated heterocycles. The first-order valence-corrected chi connectivity index (χ1v) is 35.0. The molecule has 0 aromatic heterocycles. The highest BCUT2D eigenvalue weighted by Crippen LogP contribution is 2.21.